The van der Waals surface area contributed by atoms with Crippen LogP contribution in [0.4, 0.5) is 13.2 Å². The van der Waals surface area contributed by atoms with Gasteiger partial charge in [0.15, 0.2) is 0 Å². The predicted octanol–water partition coefficient (Wildman–Crippen LogP) is 3.99. The van der Waals surface area contributed by atoms with Crippen LogP contribution in [0.1, 0.15) is 53.0 Å². The van der Waals surface area contributed by atoms with Crippen molar-refractivity contribution in [2.75, 3.05) is 7.11 Å². The van der Waals surface area contributed by atoms with Crippen LogP contribution in [-0.2, 0) is 10.9 Å². The number of benzene rings is 1. The van der Waals surface area contributed by atoms with E-state index < -0.39 is 29.4 Å². The number of alkyl halides is 3. The van der Waals surface area contributed by atoms with Crippen molar-refractivity contribution in [3.63, 3.8) is 0 Å². The summed E-state index contributed by atoms with van der Waals surface area (Å²) in [6.07, 6.45) is -3.64. The van der Waals surface area contributed by atoms with Crippen molar-refractivity contribution < 1.29 is 22.7 Å². The Morgan fingerprint density at radius 2 is 1.82 bits per heavy atom. The molecule has 0 saturated carbocycles. The van der Waals surface area contributed by atoms with Crippen molar-refractivity contribution in [3.05, 3.63) is 69.1 Å². The highest BCUT2D eigenvalue weighted by Gasteiger charge is 2.32. The third-order valence-electron chi connectivity index (χ3n) is 4.53. The van der Waals surface area contributed by atoms with Crippen LogP contribution >= 0.6 is 0 Å². The van der Waals surface area contributed by atoms with Crippen LogP contribution < -0.4 is 10.9 Å². The summed E-state index contributed by atoms with van der Waals surface area (Å²) in [5.41, 5.74) is -0.802. The molecule has 0 aliphatic heterocycles. The summed E-state index contributed by atoms with van der Waals surface area (Å²) in [6.45, 7) is 3.88. The first kappa shape index (κ1) is 21.7. The Kier molecular flexibility index (Phi) is 7.01. The molecule has 0 unspecified atom stereocenters. The quantitative estimate of drug-likeness (QED) is 0.744. The molecule has 1 amide bonds. The molecule has 2 N–H and O–H groups in total. The maximum Gasteiger partial charge on any atom is 0.431 e. The Morgan fingerprint density at radius 3 is 2.32 bits per heavy atom. The molecular weight excluding hydrogens is 373 g/mol. The Balaban J connectivity index is 2.29. The van der Waals surface area contributed by atoms with Gasteiger partial charge in [-0.05, 0) is 37.5 Å². The van der Waals surface area contributed by atoms with Crippen molar-refractivity contribution in [2.24, 2.45) is 0 Å². The number of halogens is 3. The van der Waals surface area contributed by atoms with Crippen LogP contribution in [0.3, 0.4) is 0 Å². The van der Waals surface area contributed by atoms with Crippen LogP contribution in [0.5, 0.6) is 0 Å². The molecule has 8 heteroatoms. The van der Waals surface area contributed by atoms with Crippen molar-refractivity contribution in [1.29, 1.82) is 0 Å². The molecule has 1 heterocycles. The number of carbonyl (C=O) groups is 1. The van der Waals surface area contributed by atoms with Gasteiger partial charge in [0.2, 0.25) is 0 Å². The second kappa shape index (κ2) is 9.05. The molecule has 152 valence electrons. The average molecular weight is 396 g/mol. The molecule has 2 atom stereocenters. The smallest absolute Gasteiger partial charge is 0.381 e. The van der Waals surface area contributed by atoms with E-state index in [-0.39, 0.29) is 11.7 Å². The zero-order chi connectivity index (χ0) is 20.9. The molecule has 2 aromatic rings. The number of aromatic amines is 1. The molecule has 2 rings (SSSR count). The average Bonchev–Trinajstić information content (AvgIpc) is 2.64. The van der Waals surface area contributed by atoms with E-state index in [2.05, 4.69) is 5.32 Å². The van der Waals surface area contributed by atoms with Crippen LogP contribution in [0.25, 0.3) is 0 Å². The maximum absolute atomic E-state index is 12.7. The number of ether oxygens (including phenoxy) is 1. The number of rotatable bonds is 7. The molecule has 0 aliphatic carbocycles. The van der Waals surface area contributed by atoms with Crippen LogP contribution in [0.2, 0.25) is 0 Å². The number of aromatic nitrogens is 1. The summed E-state index contributed by atoms with van der Waals surface area (Å²) in [5.74, 6) is -0.744. The third kappa shape index (κ3) is 5.45. The predicted molar refractivity (Wildman–Crippen MR) is 99.2 cm³/mol. The lowest BCUT2D eigenvalue weighted by Crippen LogP contribution is -2.35. The van der Waals surface area contributed by atoms with E-state index in [1.165, 1.54) is 0 Å². The SMILES string of the molecule is CC[C@H](C[C@@H](NC(=O)c1ccc(C(F)(F)F)[nH]c1=O)c1ccc(C)cc1)OC. The minimum Gasteiger partial charge on any atom is -0.381 e. The number of hydrogen-bond donors (Lipinski definition) is 2. The summed E-state index contributed by atoms with van der Waals surface area (Å²) in [7, 11) is 1.57. The highest BCUT2D eigenvalue weighted by molar-refractivity contribution is 5.94. The topological polar surface area (TPSA) is 71.2 Å². The number of methoxy groups -OCH3 is 1. The summed E-state index contributed by atoms with van der Waals surface area (Å²) >= 11 is 0. The largest absolute Gasteiger partial charge is 0.431 e. The molecular formula is C20H23F3N2O3. The summed E-state index contributed by atoms with van der Waals surface area (Å²) < 4.78 is 43.5. The fourth-order valence-electron chi connectivity index (χ4n) is 2.82. The minimum absolute atomic E-state index is 0.127. The second-order valence-corrected chi connectivity index (χ2v) is 6.55. The number of carbonyl (C=O) groups excluding carboxylic acids is 1. The third-order valence-corrected chi connectivity index (χ3v) is 4.53. The zero-order valence-electron chi connectivity index (χ0n) is 15.9. The van der Waals surface area contributed by atoms with Crippen LogP contribution in [0, 0.1) is 6.92 Å². The number of aryl methyl sites for hydroxylation is 1. The Labute approximate surface area is 160 Å². The first-order chi connectivity index (χ1) is 13.2. The van der Waals surface area contributed by atoms with Crippen LogP contribution in [0.15, 0.2) is 41.2 Å². The summed E-state index contributed by atoms with van der Waals surface area (Å²) in [6, 6.07) is 8.62. The molecule has 0 radical (unpaired) electrons. The van der Waals surface area contributed by atoms with Gasteiger partial charge in [-0.25, -0.2) is 0 Å². The molecule has 0 saturated heterocycles. The van der Waals surface area contributed by atoms with E-state index in [9.17, 15) is 22.8 Å². The van der Waals surface area contributed by atoms with Crippen molar-refractivity contribution >= 4 is 5.91 Å². The van der Waals surface area contributed by atoms with Crippen molar-refractivity contribution in [3.8, 4) is 0 Å². The van der Waals surface area contributed by atoms with Gasteiger partial charge in [-0.1, -0.05) is 36.8 Å². The highest BCUT2D eigenvalue weighted by atomic mass is 19.4. The molecule has 1 aromatic carbocycles. The molecule has 0 bridgehead atoms. The lowest BCUT2D eigenvalue weighted by atomic mass is 9.98. The van der Waals surface area contributed by atoms with E-state index in [0.29, 0.717) is 12.5 Å². The van der Waals surface area contributed by atoms with E-state index in [0.717, 1.165) is 23.6 Å². The van der Waals surface area contributed by atoms with E-state index in [4.69, 9.17) is 4.74 Å². The number of hydrogen-bond acceptors (Lipinski definition) is 3. The number of amides is 1. The Hall–Kier alpha value is -2.61. The van der Waals surface area contributed by atoms with Crippen LogP contribution in [-0.4, -0.2) is 24.1 Å². The van der Waals surface area contributed by atoms with Crippen molar-refractivity contribution in [2.45, 2.75) is 45.0 Å². The zero-order valence-corrected chi connectivity index (χ0v) is 15.9. The number of pyridine rings is 1. The van der Waals surface area contributed by atoms with Gasteiger partial charge in [0, 0.05) is 7.11 Å². The number of nitrogens with one attached hydrogen (secondary N) is 2. The van der Waals surface area contributed by atoms with Gasteiger partial charge in [0.25, 0.3) is 11.5 Å². The van der Waals surface area contributed by atoms with E-state index in [1.807, 2.05) is 38.1 Å². The fourth-order valence-corrected chi connectivity index (χ4v) is 2.82. The molecule has 1 aromatic heterocycles. The molecule has 0 aliphatic rings. The molecule has 28 heavy (non-hydrogen) atoms. The van der Waals surface area contributed by atoms with E-state index in [1.54, 1.807) is 12.1 Å². The first-order valence-corrected chi connectivity index (χ1v) is 8.86. The van der Waals surface area contributed by atoms with Gasteiger partial charge in [-0.2, -0.15) is 13.2 Å². The highest BCUT2D eigenvalue weighted by Crippen LogP contribution is 2.26. The minimum atomic E-state index is -4.69. The Bertz CT molecular complexity index is 856. The van der Waals surface area contributed by atoms with E-state index >= 15 is 0 Å². The standard InChI is InChI=1S/C20H23F3N2O3/c1-4-14(28-3)11-16(13-7-5-12(2)6-8-13)24-18(26)15-9-10-17(20(21,22)23)25-19(15)27/h5-10,14,16H,4,11H2,1-3H3,(H,24,26)(H,25,27)/t14-,16-/m1/s1. The fraction of sp³-hybridized carbons (Fsp3) is 0.400. The monoisotopic (exact) mass is 396 g/mol. The molecule has 5 nitrogen and oxygen atoms in total. The first-order valence-electron chi connectivity index (χ1n) is 8.86. The summed E-state index contributed by atoms with van der Waals surface area (Å²) in [5, 5.41) is 2.75. The second-order valence-electron chi connectivity index (χ2n) is 6.55. The number of H-pyrrole nitrogens is 1. The maximum atomic E-state index is 12.7. The molecule has 0 fully saturated rings. The summed E-state index contributed by atoms with van der Waals surface area (Å²) in [4.78, 5) is 26.3. The van der Waals surface area contributed by atoms with Gasteiger partial charge >= 0.3 is 6.18 Å². The van der Waals surface area contributed by atoms with Crippen molar-refractivity contribution in [1.82, 2.24) is 10.3 Å². The normalized spacial score (nSPS) is 13.8. The lowest BCUT2D eigenvalue weighted by molar-refractivity contribution is -0.141. The molecule has 0 spiro atoms. The van der Waals surface area contributed by atoms with Gasteiger partial charge in [0.05, 0.1) is 12.1 Å². The van der Waals surface area contributed by atoms with Gasteiger partial charge in [-0.15, -0.1) is 0 Å². The lowest BCUT2D eigenvalue weighted by Gasteiger charge is -2.23. The van der Waals surface area contributed by atoms with Gasteiger partial charge in [-0.3, -0.25) is 9.59 Å². The van der Waals surface area contributed by atoms with Gasteiger partial charge < -0.3 is 15.0 Å². The Morgan fingerprint density at radius 1 is 1.18 bits per heavy atom. The van der Waals surface area contributed by atoms with Gasteiger partial charge in [0.1, 0.15) is 11.3 Å².